The lowest BCUT2D eigenvalue weighted by atomic mass is 9.95. The van der Waals surface area contributed by atoms with Gasteiger partial charge in [-0.1, -0.05) is 41.8 Å². The van der Waals surface area contributed by atoms with E-state index in [4.69, 9.17) is 11.6 Å². The van der Waals surface area contributed by atoms with Crippen LogP contribution in [0.3, 0.4) is 0 Å². The summed E-state index contributed by atoms with van der Waals surface area (Å²) in [4.78, 5) is 0. The van der Waals surface area contributed by atoms with Gasteiger partial charge in [0.1, 0.15) is 5.82 Å². The number of allylic oxidation sites excluding steroid dienone is 1. The fourth-order valence-corrected chi connectivity index (χ4v) is 2.77. The molecule has 3 heteroatoms. The number of halogens is 2. The molecule has 1 nitrogen and oxygen atoms in total. The molecule has 1 N–H and O–H groups in total. The molecule has 0 saturated heterocycles. The Labute approximate surface area is 113 Å². The lowest BCUT2D eigenvalue weighted by Crippen LogP contribution is -2.20. The molecular formula is C15H19ClFN. The molecule has 2 rings (SSSR count). The Morgan fingerprint density at radius 3 is 2.89 bits per heavy atom. The van der Waals surface area contributed by atoms with Crippen LogP contribution < -0.4 is 5.32 Å². The molecule has 1 unspecified atom stereocenters. The van der Waals surface area contributed by atoms with Crippen LogP contribution in [0.1, 0.15) is 43.7 Å². The highest BCUT2D eigenvalue weighted by Gasteiger charge is 2.20. The molecule has 0 aromatic heterocycles. The van der Waals surface area contributed by atoms with E-state index in [1.165, 1.54) is 24.8 Å². The summed E-state index contributed by atoms with van der Waals surface area (Å²) >= 11 is 5.86. The monoisotopic (exact) mass is 267 g/mol. The summed E-state index contributed by atoms with van der Waals surface area (Å²) in [5.74, 6) is -0.302. The molecule has 0 fully saturated rings. The fourth-order valence-electron chi connectivity index (χ4n) is 2.59. The molecule has 0 heterocycles. The first kappa shape index (κ1) is 13.6. The predicted molar refractivity (Wildman–Crippen MR) is 74.4 cm³/mol. The summed E-state index contributed by atoms with van der Waals surface area (Å²) in [6.45, 7) is 0. The summed E-state index contributed by atoms with van der Waals surface area (Å²) < 4.78 is 14.1. The van der Waals surface area contributed by atoms with Crippen molar-refractivity contribution in [2.24, 2.45) is 0 Å². The summed E-state index contributed by atoms with van der Waals surface area (Å²) in [5.41, 5.74) is 1.94. The van der Waals surface area contributed by atoms with Crippen molar-refractivity contribution in [2.75, 3.05) is 7.05 Å². The Morgan fingerprint density at radius 2 is 2.11 bits per heavy atom. The second-order valence-corrected chi connectivity index (χ2v) is 5.15. The summed E-state index contributed by atoms with van der Waals surface area (Å²) in [7, 11) is 1.87. The highest BCUT2D eigenvalue weighted by molar-refractivity contribution is 6.30. The van der Waals surface area contributed by atoms with Gasteiger partial charge in [-0.15, -0.1) is 0 Å². The number of nitrogens with one attached hydrogen (secondary N) is 1. The zero-order valence-electron chi connectivity index (χ0n) is 10.7. The van der Waals surface area contributed by atoms with Crippen molar-refractivity contribution in [3.05, 3.63) is 46.3 Å². The number of hydrogen-bond donors (Lipinski definition) is 1. The first-order valence-electron chi connectivity index (χ1n) is 6.54. The quantitative estimate of drug-likeness (QED) is 0.788. The molecule has 0 radical (unpaired) electrons. The predicted octanol–water partition coefficient (Wildman–Crippen LogP) is 4.63. The first-order chi connectivity index (χ1) is 8.74. The zero-order chi connectivity index (χ0) is 13.0. The molecule has 1 aliphatic rings. The Balaban J connectivity index is 2.32. The maximum atomic E-state index is 14.1. The van der Waals surface area contributed by atoms with Crippen molar-refractivity contribution < 1.29 is 4.39 Å². The second kappa shape index (κ2) is 6.35. The zero-order valence-corrected chi connectivity index (χ0v) is 11.4. The molecule has 0 aliphatic heterocycles. The Morgan fingerprint density at radius 1 is 1.28 bits per heavy atom. The third-order valence-corrected chi connectivity index (χ3v) is 3.82. The van der Waals surface area contributed by atoms with E-state index in [0.29, 0.717) is 5.56 Å². The van der Waals surface area contributed by atoms with E-state index in [-0.39, 0.29) is 16.9 Å². The average molecular weight is 268 g/mol. The van der Waals surface area contributed by atoms with Crippen LogP contribution in [-0.4, -0.2) is 7.05 Å². The molecule has 0 amide bonds. The average Bonchev–Trinajstić information content (AvgIpc) is 2.64. The minimum atomic E-state index is -0.302. The van der Waals surface area contributed by atoms with Crippen molar-refractivity contribution >= 4 is 11.6 Å². The van der Waals surface area contributed by atoms with Gasteiger partial charge >= 0.3 is 0 Å². The van der Waals surface area contributed by atoms with Gasteiger partial charge in [-0.3, -0.25) is 0 Å². The standard InChI is InChI=1S/C15H19ClFN/c1-18-15(11-7-4-2-3-5-8-11)12-9-6-10-13(16)14(12)17/h6-7,9-10,15,18H,2-5,8H2,1H3. The highest BCUT2D eigenvalue weighted by atomic mass is 35.5. The molecule has 1 aromatic carbocycles. The fraction of sp³-hybridized carbons (Fsp3) is 0.467. The lowest BCUT2D eigenvalue weighted by molar-refractivity contribution is 0.560. The molecular weight excluding hydrogens is 249 g/mol. The van der Waals surface area contributed by atoms with Crippen molar-refractivity contribution in [3.8, 4) is 0 Å². The maximum absolute atomic E-state index is 14.1. The summed E-state index contributed by atoms with van der Waals surface area (Å²) in [6.07, 6.45) is 8.07. The Kier molecular flexibility index (Phi) is 4.79. The topological polar surface area (TPSA) is 12.0 Å². The van der Waals surface area contributed by atoms with Gasteiger partial charge in [0.15, 0.2) is 0 Å². The van der Waals surface area contributed by atoms with E-state index in [9.17, 15) is 4.39 Å². The normalized spacial score (nSPS) is 18.1. The number of likely N-dealkylation sites (N-methyl/N-ethyl adjacent to an activating group) is 1. The minimum Gasteiger partial charge on any atom is -0.310 e. The van der Waals surface area contributed by atoms with Gasteiger partial charge in [0.05, 0.1) is 11.1 Å². The number of hydrogen-bond acceptors (Lipinski definition) is 1. The smallest absolute Gasteiger partial charge is 0.146 e. The molecule has 0 saturated carbocycles. The van der Waals surface area contributed by atoms with Crippen LogP contribution in [0.25, 0.3) is 0 Å². The van der Waals surface area contributed by atoms with Crippen LogP contribution in [0.15, 0.2) is 29.8 Å². The van der Waals surface area contributed by atoms with E-state index in [1.54, 1.807) is 6.07 Å². The van der Waals surface area contributed by atoms with Crippen LogP contribution in [0.5, 0.6) is 0 Å². The molecule has 1 aliphatic carbocycles. The van der Waals surface area contributed by atoms with Gasteiger partial charge in [-0.2, -0.15) is 0 Å². The van der Waals surface area contributed by atoms with Crippen molar-refractivity contribution in [1.82, 2.24) is 5.32 Å². The van der Waals surface area contributed by atoms with E-state index in [0.717, 1.165) is 12.8 Å². The molecule has 1 aromatic rings. The van der Waals surface area contributed by atoms with Crippen LogP contribution in [0.4, 0.5) is 4.39 Å². The molecule has 98 valence electrons. The summed E-state index contributed by atoms with van der Waals surface area (Å²) in [5, 5.41) is 3.41. The third kappa shape index (κ3) is 2.93. The van der Waals surface area contributed by atoms with E-state index < -0.39 is 0 Å². The molecule has 18 heavy (non-hydrogen) atoms. The number of benzene rings is 1. The second-order valence-electron chi connectivity index (χ2n) is 4.74. The van der Waals surface area contributed by atoms with E-state index in [1.807, 2.05) is 19.2 Å². The van der Waals surface area contributed by atoms with Crippen molar-refractivity contribution in [1.29, 1.82) is 0 Å². The minimum absolute atomic E-state index is 0.0539. The van der Waals surface area contributed by atoms with Crippen LogP contribution in [0.2, 0.25) is 5.02 Å². The lowest BCUT2D eigenvalue weighted by Gasteiger charge is -2.21. The van der Waals surface area contributed by atoms with Crippen LogP contribution >= 0.6 is 11.6 Å². The number of rotatable bonds is 3. The van der Waals surface area contributed by atoms with Crippen molar-refractivity contribution in [2.45, 2.75) is 38.1 Å². The summed E-state index contributed by atoms with van der Waals surface area (Å²) in [6, 6.07) is 5.16. The van der Waals surface area contributed by atoms with Gasteiger partial charge in [-0.25, -0.2) is 4.39 Å². The van der Waals surface area contributed by atoms with Gasteiger partial charge < -0.3 is 5.32 Å². The van der Waals surface area contributed by atoms with Crippen molar-refractivity contribution in [3.63, 3.8) is 0 Å². The Hall–Kier alpha value is -0.860. The van der Waals surface area contributed by atoms with Gasteiger partial charge in [0.25, 0.3) is 0 Å². The van der Waals surface area contributed by atoms with E-state index >= 15 is 0 Å². The first-order valence-corrected chi connectivity index (χ1v) is 6.92. The molecule has 0 spiro atoms. The van der Waals surface area contributed by atoms with Crippen LogP contribution in [0, 0.1) is 5.82 Å². The SMILES string of the molecule is CNC(C1=CCCCCC1)c1cccc(Cl)c1F. The van der Waals surface area contributed by atoms with Gasteiger partial charge in [-0.05, 0) is 38.8 Å². The van der Waals surface area contributed by atoms with Gasteiger partial charge in [0.2, 0.25) is 0 Å². The molecule has 1 atom stereocenters. The van der Waals surface area contributed by atoms with E-state index in [2.05, 4.69) is 11.4 Å². The molecule has 0 bridgehead atoms. The largest absolute Gasteiger partial charge is 0.310 e. The highest BCUT2D eigenvalue weighted by Crippen LogP contribution is 2.32. The third-order valence-electron chi connectivity index (χ3n) is 3.53. The Bertz CT molecular complexity index is 442. The maximum Gasteiger partial charge on any atom is 0.146 e. The van der Waals surface area contributed by atoms with Crippen LogP contribution in [-0.2, 0) is 0 Å². The van der Waals surface area contributed by atoms with Gasteiger partial charge in [0, 0.05) is 5.56 Å².